The van der Waals surface area contributed by atoms with E-state index in [9.17, 15) is 26.7 Å². The first-order valence-electron chi connectivity index (χ1n) is 8.50. The van der Waals surface area contributed by atoms with Crippen molar-refractivity contribution in [1.82, 2.24) is 15.3 Å². The second-order valence-corrected chi connectivity index (χ2v) is 6.01. The minimum atomic E-state index is -4.48. The molecule has 0 aliphatic rings. The summed E-state index contributed by atoms with van der Waals surface area (Å²) in [5.41, 5.74) is -0.416. The third-order valence-corrected chi connectivity index (χ3v) is 3.99. The number of aromatic nitrogens is 2. The number of carbonyl (C=O) groups excluding carboxylic acids is 1. The summed E-state index contributed by atoms with van der Waals surface area (Å²) >= 11 is 0. The Hall–Kier alpha value is -3.30. The number of halogens is 5. The molecular weight excluding hydrogens is 395 g/mol. The van der Waals surface area contributed by atoms with Crippen LogP contribution in [0.3, 0.4) is 0 Å². The number of benzene rings is 2. The Morgan fingerprint density at radius 3 is 2.31 bits per heavy atom. The fourth-order valence-electron chi connectivity index (χ4n) is 2.60. The molecule has 152 valence electrons. The first kappa shape index (κ1) is 20.4. The summed E-state index contributed by atoms with van der Waals surface area (Å²) in [7, 11) is 0. The molecule has 1 amide bonds. The average molecular weight is 410 g/mol. The smallest absolute Gasteiger partial charge is 0.368 e. The molecule has 1 aromatic heterocycles. The third kappa shape index (κ3) is 4.95. The summed E-state index contributed by atoms with van der Waals surface area (Å²) < 4.78 is 63.6. The van der Waals surface area contributed by atoms with Gasteiger partial charge in [0.1, 0.15) is 5.82 Å². The van der Waals surface area contributed by atoms with Gasteiger partial charge in [0, 0.05) is 24.0 Å². The summed E-state index contributed by atoms with van der Waals surface area (Å²) in [6.45, 7) is 0.262. The van der Waals surface area contributed by atoms with Gasteiger partial charge in [0.15, 0.2) is 5.82 Å². The number of rotatable bonds is 6. The van der Waals surface area contributed by atoms with Crippen LogP contribution in [0.5, 0.6) is 0 Å². The van der Waals surface area contributed by atoms with Gasteiger partial charge in [-0.2, -0.15) is 13.2 Å². The number of nitrogens with zero attached hydrogens (tertiary/aromatic N) is 2. The number of nitrogens with one attached hydrogen (secondary N) is 2. The van der Waals surface area contributed by atoms with E-state index in [1.807, 2.05) is 0 Å². The number of fused-ring (bicyclic) bond motifs is 1. The van der Waals surface area contributed by atoms with Crippen molar-refractivity contribution < 1.29 is 26.7 Å². The van der Waals surface area contributed by atoms with E-state index in [2.05, 4.69) is 20.6 Å². The van der Waals surface area contributed by atoms with Gasteiger partial charge in [0.2, 0.25) is 0 Å². The third-order valence-electron chi connectivity index (χ3n) is 3.99. The predicted octanol–water partition coefficient (Wildman–Crippen LogP) is 4.43. The molecule has 0 fully saturated rings. The average Bonchev–Trinajstić information content (AvgIpc) is 2.70. The van der Waals surface area contributed by atoms with Crippen molar-refractivity contribution in [3.63, 3.8) is 0 Å². The van der Waals surface area contributed by atoms with Crippen LogP contribution in [0.15, 0.2) is 48.5 Å². The first-order valence-corrected chi connectivity index (χ1v) is 8.50. The highest BCUT2D eigenvalue weighted by atomic mass is 19.4. The summed E-state index contributed by atoms with van der Waals surface area (Å²) in [5.74, 6) is -0.962. The molecule has 0 bridgehead atoms. The zero-order chi connectivity index (χ0) is 21.0. The highest BCUT2D eigenvalue weighted by Crippen LogP contribution is 2.29. The molecular formula is C19H15F5N4O. The van der Waals surface area contributed by atoms with Crippen LogP contribution in [0.2, 0.25) is 0 Å². The number of alkyl halides is 5. The molecule has 0 saturated heterocycles. The summed E-state index contributed by atoms with van der Waals surface area (Å²) in [6.07, 6.45) is -7.31. The molecule has 0 atom stereocenters. The van der Waals surface area contributed by atoms with Crippen molar-refractivity contribution in [3.05, 3.63) is 65.5 Å². The molecule has 0 aliphatic carbocycles. The van der Waals surface area contributed by atoms with Gasteiger partial charge in [-0.3, -0.25) is 4.79 Å². The second-order valence-electron chi connectivity index (χ2n) is 6.01. The van der Waals surface area contributed by atoms with Crippen LogP contribution >= 0.6 is 0 Å². The molecule has 3 rings (SSSR count). The molecule has 10 heteroatoms. The van der Waals surface area contributed by atoms with E-state index in [1.54, 1.807) is 24.3 Å². The monoisotopic (exact) mass is 410 g/mol. The maximum Gasteiger partial charge on any atom is 0.416 e. The normalized spacial score (nSPS) is 11.7. The largest absolute Gasteiger partial charge is 0.416 e. The lowest BCUT2D eigenvalue weighted by atomic mass is 10.1. The van der Waals surface area contributed by atoms with Gasteiger partial charge in [-0.05, 0) is 36.4 Å². The molecule has 0 spiro atoms. The maximum atomic E-state index is 13.0. The zero-order valence-corrected chi connectivity index (χ0v) is 14.8. The van der Waals surface area contributed by atoms with Crippen LogP contribution in [-0.4, -0.2) is 29.0 Å². The number of para-hydroxylation sites is 1. The molecule has 3 aromatic rings. The number of carbonyl (C=O) groups is 1. The van der Waals surface area contributed by atoms with E-state index >= 15 is 0 Å². The van der Waals surface area contributed by atoms with Gasteiger partial charge < -0.3 is 10.6 Å². The first-order chi connectivity index (χ1) is 13.8. The van der Waals surface area contributed by atoms with Crippen molar-refractivity contribution in [2.45, 2.75) is 12.6 Å². The maximum absolute atomic E-state index is 13.0. The van der Waals surface area contributed by atoms with Crippen molar-refractivity contribution in [3.8, 4) is 0 Å². The van der Waals surface area contributed by atoms with Crippen molar-refractivity contribution in [2.75, 3.05) is 18.4 Å². The fourth-order valence-corrected chi connectivity index (χ4v) is 2.60. The fraction of sp³-hybridized carbons (Fsp3) is 0.211. The Bertz CT molecular complexity index is 1010. The van der Waals surface area contributed by atoms with Crippen molar-refractivity contribution in [2.24, 2.45) is 0 Å². The number of hydrogen-bond acceptors (Lipinski definition) is 4. The van der Waals surface area contributed by atoms with Gasteiger partial charge in [0.05, 0.1) is 11.1 Å². The van der Waals surface area contributed by atoms with Crippen LogP contribution in [0.25, 0.3) is 10.9 Å². The Kier molecular flexibility index (Phi) is 5.90. The van der Waals surface area contributed by atoms with Gasteiger partial charge >= 0.3 is 6.18 Å². The SMILES string of the molecule is O=C(NCCNc1nc(C(F)F)nc2ccccc12)c1ccc(C(F)(F)F)cc1. The highest BCUT2D eigenvalue weighted by molar-refractivity contribution is 5.94. The summed E-state index contributed by atoms with van der Waals surface area (Å²) in [4.78, 5) is 19.6. The van der Waals surface area contributed by atoms with E-state index < -0.39 is 29.9 Å². The van der Waals surface area contributed by atoms with Gasteiger partial charge in [0.25, 0.3) is 12.3 Å². The molecule has 2 N–H and O–H groups in total. The lowest BCUT2D eigenvalue weighted by Gasteiger charge is -2.11. The lowest BCUT2D eigenvalue weighted by molar-refractivity contribution is -0.137. The molecule has 1 heterocycles. The molecule has 0 radical (unpaired) electrons. The van der Waals surface area contributed by atoms with Crippen molar-refractivity contribution in [1.29, 1.82) is 0 Å². The van der Waals surface area contributed by atoms with Crippen LogP contribution in [0.1, 0.15) is 28.2 Å². The molecule has 0 saturated carbocycles. The Morgan fingerprint density at radius 2 is 1.66 bits per heavy atom. The standard InChI is InChI=1S/C19H15F5N4O/c20-15(21)17-27-14-4-2-1-3-13(14)16(28-17)25-9-10-26-18(29)11-5-7-12(8-6-11)19(22,23)24/h1-8,15H,9-10H2,(H,26,29)(H,25,27,28). The van der Waals surface area contributed by atoms with Gasteiger partial charge in [-0.15, -0.1) is 0 Å². The van der Waals surface area contributed by atoms with Gasteiger partial charge in [-0.1, -0.05) is 12.1 Å². The van der Waals surface area contributed by atoms with E-state index in [-0.39, 0.29) is 24.5 Å². The topological polar surface area (TPSA) is 66.9 Å². The second kappa shape index (κ2) is 8.38. The lowest BCUT2D eigenvalue weighted by Crippen LogP contribution is -2.29. The molecule has 2 aromatic carbocycles. The van der Waals surface area contributed by atoms with Crippen LogP contribution in [0, 0.1) is 0 Å². The van der Waals surface area contributed by atoms with Gasteiger partial charge in [-0.25, -0.2) is 18.7 Å². The molecule has 0 unspecified atom stereocenters. The Morgan fingerprint density at radius 1 is 0.966 bits per heavy atom. The van der Waals surface area contributed by atoms with E-state index in [1.165, 1.54) is 0 Å². The Balaban J connectivity index is 1.61. The minimum absolute atomic E-state index is 0.0745. The van der Waals surface area contributed by atoms with E-state index in [0.717, 1.165) is 24.3 Å². The molecule has 0 aliphatic heterocycles. The van der Waals surface area contributed by atoms with E-state index in [0.29, 0.717) is 10.9 Å². The number of amides is 1. The Labute approximate surface area is 162 Å². The number of anilines is 1. The minimum Gasteiger partial charge on any atom is -0.368 e. The summed E-state index contributed by atoms with van der Waals surface area (Å²) in [6, 6.07) is 10.5. The van der Waals surface area contributed by atoms with Crippen LogP contribution < -0.4 is 10.6 Å². The van der Waals surface area contributed by atoms with E-state index in [4.69, 9.17) is 0 Å². The molecule has 5 nitrogen and oxygen atoms in total. The zero-order valence-electron chi connectivity index (χ0n) is 14.8. The summed E-state index contributed by atoms with van der Waals surface area (Å²) in [5, 5.41) is 5.96. The highest BCUT2D eigenvalue weighted by Gasteiger charge is 2.30. The number of hydrogen-bond donors (Lipinski definition) is 2. The molecule has 29 heavy (non-hydrogen) atoms. The van der Waals surface area contributed by atoms with Crippen molar-refractivity contribution >= 4 is 22.6 Å². The quantitative estimate of drug-likeness (QED) is 0.466. The van der Waals surface area contributed by atoms with Crippen LogP contribution in [0.4, 0.5) is 27.8 Å². The predicted molar refractivity (Wildman–Crippen MR) is 96.8 cm³/mol. The van der Waals surface area contributed by atoms with Crippen LogP contribution in [-0.2, 0) is 6.18 Å².